The Kier molecular flexibility index (Phi) is 4.18. The third-order valence-electron chi connectivity index (χ3n) is 2.47. The average Bonchev–Trinajstić information content (AvgIpc) is 2.82. The summed E-state index contributed by atoms with van der Waals surface area (Å²) in [5, 5.41) is 15.1. The number of hydrogen-bond donors (Lipinski definition) is 1. The number of halogens is 2. The second-order valence-electron chi connectivity index (χ2n) is 3.89. The lowest BCUT2D eigenvalue weighted by molar-refractivity contribution is -0.380. The molecular formula is C12H10F2N2O2S. The lowest BCUT2D eigenvalue weighted by Crippen LogP contribution is -2.13. The second kappa shape index (κ2) is 5.85. The first-order valence-electron chi connectivity index (χ1n) is 5.42. The quantitative estimate of drug-likeness (QED) is 0.677. The SMILES string of the molecule is O=[N+]([O-])c1cc(CNCc2cc(F)ccc2F)cs1. The molecule has 0 radical (unpaired) electrons. The van der Waals surface area contributed by atoms with E-state index in [2.05, 4.69) is 5.32 Å². The molecule has 1 aromatic heterocycles. The van der Waals surface area contributed by atoms with Gasteiger partial charge in [0.05, 0.1) is 4.92 Å². The third kappa shape index (κ3) is 3.55. The van der Waals surface area contributed by atoms with E-state index in [0.29, 0.717) is 6.54 Å². The average molecular weight is 284 g/mol. The van der Waals surface area contributed by atoms with Gasteiger partial charge in [0, 0.05) is 30.1 Å². The van der Waals surface area contributed by atoms with Crippen molar-refractivity contribution in [1.29, 1.82) is 0 Å². The van der Waals surface area contributed by atoms with Gasteiger partial charge in [0.25, 0.3) is 0 Å². The van der Waals surface area contributed by atoms with Crippen molar-refractivity contribution in [2.75, 3.05) is 0 Å². The van der Waals surface area contributed by atoms with Crippen LogP contribution in [0.4, 0.5) is 13.8 Å². The molecule has 0 fully saturated rings. The summed E-state index contributed by atoms with van der Waals surface area (Å²) in [5.41, 5.74) is 0.971. The van der Waals surface area contributed by atoms with Crippen molar-refractivity contribution in [2.45, 2.75) is 13.1 Å². The third-order valence-corrected chi connectivity index (χ3v) is 3.40. The lowest BCUT2D eigenvalue weighted by Gasteiger charge is -2.04. The molecule has 1 aromatic carbocycles. The van der Waals surface area contributed by atoms with Gasteiger partial charge in [-0.05, 0) is 23.8 Å². The van der Waals surface area contributed by atoms with Gasteiger partial charge in [-0.3, -0.25) is 10.1 Å². The van der Waals surface area contributed by atoms with Crippen LogP contribution in [0.2, 0.25) is 0 Å². The van der Waals surface area contributed by atoms with Crippen LogP contribution in [0, 0.1) is 21.7 Å². The van der Waals surface area contributed by atoms with Crippen molar-refractivity contribution in [3.05, 3.63) is 62.5 Å². The summed E-state index contributed by atoms with van der Waals surface area (Å²) in [6, 6.07) is 4.71. The lowest BCUT2D eigenvalue weighted by atomic mass is 10.2. The van der Waals surface area contributed by atoms with Crippen molar-refractivity contribution in [3.8, 4) is 0 Å². The largest absolute Gasteiger partial charge is 0.324 e. The van der Waals surface area contributed by atoms with Gasteiger partial charge >= 0.3 is 5.00 Å². The molecule has 100 valence electrons. The van der Waals surface area contributed by atoms with E-state index in [-0.39, 0.29) is 17.1 Å². The Morgan fingerprint density at radius 1 is 1.26 bits per heavy atom. The predicted octanol–water partition coefficient (Wildman–Crippen LogP) is 3.22. The molecule has 0 saturated heterocycles. The van der Waals surface area contributed by atoms with Gasteiger partial charge in [0.2, 0.25) is 0 Å². The molecule has 4 nitrogen and oxygen atoms in total. The van der Waals surface area contributed by atoms with Crippen molar-refractivity contribution < 1.29 is 13.7 Å². The highest BCUT2D eigenvalue weighted by Crippen LogP contribution is 2.22. The molecular weight excluding hydrogens is 274 g/mol. The first-order chi connectivity index (χ1) is 9.06. The minimum atomic E-state index is -0.496. The summed E-state index contributed by atoms with van der Waals surface area (Å²) in [6.45, 7) is 0.521. The minimum Gasteiger partial charge on any atom is -0.308 e. The molecule has 2 aromatic rings. The normalized spacial score (nSPS) is 10.6. The fraction of sp³-hybridized carbons (Fsp3) is 0.167. The Balaban J connectivity index is 1.92. The molecule has 1 heterocycles. The van der Waals surface area contributed by atoms with Gasteiger partial charge in [-0.25, -0.2) is 8.78 Å². The standard InChI is InChI=1S/C12H10F2N2O2S/c13-10-1-2-11(14)9(4-10)6-15-5-8-3-12(16(17)18)19-7-8/h1-4,7,15H,5-6H2. The monoisotopic (exact) mass is 284 g/mol. The highest BCUT2D eigenvalue weighted by atomic mass is 32.1. The molecule has 0 saturated carbocycles. The van der Waals surface area contributed by atoms with E-state index < -0.39 is 16.6 Å². The summed E-state index contributed by atoms with van der Waals surface area (Å²) in [6.07, 6.45) is 0. The zero-order chi connectivity index (χ0) is 13.8. The molecule has 19 heavy (non-hydrogen) atoms. The van der Waals surface area contributed by atoms with Crippen LogP contribution in [0.1, 0.15) is 11.1 Å². The van der Waals surface area contributed by atoms with Crippen LogP contribution >= 0.6 is 11.3 Å². The van der Waals surface area contributed by atoms with Crippen molar-refractivity contribution in [1.82, 2.24) is 5.32 Å². The first kappa shape index (κ1) is 13.6. The zero-order valence-electron chi connectivity index (χ0n) is 9.73. The maximum absolute atomic E-state index is 13.3. The van der Waals surface area contributed by atoms with Crippen LogP contribution in [-0.4, -0.2) is 4.92 Å². The second-order valence-corrected chi connectivity index (χ2v) is 4.78. The molecule has 0 aliphatic heterocycles. The Labute approximate surface area is 111 Å². The number of benzene rings is 1. The Morgan fingerprint density at radius 2 is 2.05 bits per heavy atom. The number of rotatable bonds is 5. The predicted molar refractivity (Wildman–Crippen MR) is 67.9 cm³/mol. The molecule has 7 heteroatoms. The molecule has 2 rings (SSSR count). The molecule has 0 bridgehead atoms. The van der Waals surface area contributed by atoms with Gasteiger partial charge in [-0.2, -0.15) is 0 Å². The number of hydrogen-bond acceptors (Lipinski definition) is 4. The van der Waals surface area contributed by atoms with Crippen molar-refractivity contribution >= 4 is 16.3 Å². The minimum absolute atomic E-state index is 0.0636. The molecule has 0 atom stereocenters. The van der Waals surface area contributed by atoms with E-state index in [0.717, 1.165) is 35.1 Å². The first-order valence-corrected chi connectivity index (χ1v) is 6.30. The van der Waals surface area contributed by atoms with Crippen LogP contribution in [0.25, 0.3) is 0 Å². The fourth-order valence-electron chi connectivity index (χ4n) is 1.57. The zero-order valence-corrected chi connectivity index (χ0v) is 10.5. The molecule has 1 N–H and O–H groups in total. The van der Waals surface area contributed by atoms with Crippen molar-refractivity contribution in [2.24, 2.45) is 0 Å². The van der Waals surface area contributed by atoms with Gasteiger partial charge in [0.1, 0.15) is 11.6 Å². The number of nitro groups is 1. The van der Waals surface area contributed by atoms with Crippen LogP contribution in [-0.2, 0) is 13.1 Å². The molecule has 0 spiro atoms. The Hall–Kier alpha value is -1.86. The highest BCUT2D eigenvalue weighted by Gasteiger charge is 2.09. The molecule has 0 aliphatic carbocycles. The molecule has 0 amide bonds. The Morgan fingerprint density at radius 3 is 2.74 bits per heavy atom. The molecule has 0 aliphatic rings. The van der Waals surface area contributed by atoms with E-state index in [1.807, 2.05) is 0 Å². The smallest absolute Gasteiger partial charge is 0.308 e. The van der Waals surface area contributed by atoms with E-state index in [1.165, 1.54) is 6.07 Å². The number of thiophene rings is 1. The van der Waals surface area contributed by atoms with Gasteiger partial charge in [-0.15, -0.1) is 0 Å². The number of nitrogens with zero attached hydrogens (tertiary/aromatic N) is 1. The maximum atomic E-state index is 13.3. The van der Waals surface area contributed by atoms with Crippen LogP contribution in [0.15, 0.2) is 29.6 Å². The van der Waals surface area contributed by atoms with Gasteiger partial charge < -0.3 is 5.32 Å². The van der Waals surface area contributed by atoms with Gasteiger partial charge in [-0.1, -0.05) is 11.3 Å². The van der Waals surface area contributed by atoms with Gasteiger partial charge in [0.15, 0.2) is 0 Å². The number of nitrogens with one attached hydrogen (secondary N) is 1. The van der Waals surface area contributed by atoms with Crippen LogP contribution < -0.4 is 5.32 Å². The van der Waals surface area contributed by atoms with Crippen molar-refractivity contribution in [3.63, 3.8) is 0 Å². The summed E-state index contributed by atoms with van der Waals surface area (Å²) < 4.78 is 26.2. The van der Waals surface area contributed by atoms with E-state index >= 15 is 0 Å². The van der Waals surface area contributed by atoms with Crippen LogP contribution in [0.3, 0.4) is 0 Å². The topological polar surface area (TPSA) is 55.2 Å². The summed E-state index contributed by atoms with van der Waals surface area (Å²) in [5.74, 6) is -0.977. The summed E-state index contributed by atoms with van der Waals surface area (Å²) >= 11 is 1.04. The van der Waals surface area contributed by atoms with E-state index in [1.54, 1.807) is 5.38 Å². The molecule has 0 unspecified atom stereocenters. The highest BCUT2D eigenvalue weighted by molar-refractivity contribution is 7.13. The van der Waals surface area contributed by atoms with E-state index in [4.69, 9.17) is 0 Å². The maximum Gasteiger partial charge on any atom is 0.324 e. The van der Waals surface area contributed by atoms with E-state index in [9.17, 15) is 18.9 Å². The van der Waals surface area contributed by atoms with Crippen LogP contribution in [0.5, 0.6) is 0 Å². The Bertz CT molecular complexity index is 601. The summed E-state index contributed by atoms with van der Waals surface area (Å²) in [7, 11) is 0. The summed E-state index contributed by atoms with van der Waals surface area (Å²) in [4.78, 5) is 10.0. The fourth-order valence-corrected chi connectivity index (χ4v) is 2.30.